The van der Waals surface area contributed by atoms with E-state index in [0.29, 0.717) is 24.4 Å². The van der Waals surface area contributed by atoms with Crippen molar-refractivity contribution in [1.29, 1.82) is 0 Å². The number of benzene rings is 2. The van der Waals surface area contributed by atoms with Crippen LogP contribution in [0.15, 0.2) is 54.7 Å². The number of nitrogens with one attached hydrogen (secondary N) is 1. The number of ether oxygens (including phenoxy) is 2. The molecule has 3 heterocycles. The van der Waals surface area contributed by atoms with Gasteiger partial charge in [0.25, 0.3) is 0 Å². The molecule has 2 saturated heterocycles. The maximum absolute atomic E-state index is 13.5. The number of ketones is 1. The van der Waals surface area contributed by atoms with Crippen molar-refractivity contribution >= 4 is 17.4 Å². The molecule has 12 heteroatoms. The van der Waals surface area contributed by atoms with Crippen molar-refractivity contribution in [2.24, 2.45) is 0 Å². The lowest BCUT2D eigenvalue weighted by Gasteiger charge is -2.26. The summed E-state index contributed by atoms with van der Waals surface area (Å²) < 4.78 is 75.4. The molecule has 0 unspecified atom stereocenters. The highest BCUT2D eigenvalue weighted by molar-refractivity contribution is 6.00. The third-order valence-corrected chi connectivity index (χ3v) is 6.51. The van der Waals surface area contributed by atoms with E-state index in [1.165, 1.54) is 18.3 Å². The van der Waals surface area contributed by atoms with Crippen molar-refractivity contribution in [2.45, 2.75) is 31.3 Å². The molecular weight excluding hydrogens is 525 g/mol. The summed E-state index contributed by atoms with van der Waals surface area (Å²) in [5.41, 5.74) is 0.740. The topological polar surface area (TPSA) is 80.8 Å². The molecule has 2 aliphatic heterocycles. The van der Waals surface area contributed by atoms with Crippen LogP contribution in [-0.4, -0.2) is 59.8 Å². The van der Waals surface area contributed by atoms with Gasteiger partial charge in [0.05, 0.1) is 30.6 Å². The van der Waals surface area contributed by atoms with Crippen LogP contribution >= 0.6 is 0 Å². The number of hydrogen-bond donors (Lipinski definition) is 1. The summed E-state index contributed by atoms with van der Waals surface area (Å²) in [6.45, 7) is 1.02. The number of fused-ring (bicyclic) bond motifs is 2. The second-order valence-corrected chi connectivity index (χ2v) is 9.39. The van der Waals surface area contributed by atoms with Crippen LogP contribution in [0.1, 0.15) is 22.3 Å². The number of likely N-dealkylation sites (tertiary alicyclic amines) is 1. The second kappa shape index (κ2) is 10.7. The predicted octanol–water partition coefficient (Wildman–Crippen LogP) is 4.76. The van der Waals surface area contributed by atoms with Gasteiger partial charge in [-0.1, -0.05) is 6.07 Å². The molecule has 2 fully saturated rings. The highest BCUT2D eigenvalue weighted by Gasteiger charge is 2.39. The fourth-order valence-electron chi connectivity index (χ4n) is 4.75. The van der Waals surface area contributed by atoms with Crippen molar-refractivity contribution < 1.29 is 41.0 Å². The molecular formula is C27H22F5N3O4. The van der Waals surface area contributed by atoms with Crippen LogP contribution in [0.5, 0.6) is 5.75 Å². The van der Waals surface area contributed by atoms with Crippen LogP contribution in [0.25, 0.3) is 11.3 Å². The lowest BCUT2D eigenvalue weighted by molar-refractivity contribution is -0.274. The Morgan fingerprint density at radius 2 is 1.85 bits per heavy atom. The van der Waals surface area contributed by atoms with E-state index in [1.54, 1.807) is 6.07 Å². The third-order valence-electron chi connectivity index (χ3n) is 6.51. The molecule has 0 aliphatic carbocycles. The number of morpholine rings is 1. The zero-order chi connectivity index (χ0) is 27.7. The maximum Gasteiger partial charge on any atom is 0.573 e. The van der Waals surface area contributed by atoms with E-state index < -0.39 is 35.4 Å². The summed E-state index contributed by atoms with van der Waals surface area (Å²) >= 11 is 0. The Balaban J connectivity index is 1.30. The summed E-state index contributed by atoms with van der Waals surface area (Å²) in [6, 6.07) is 9.41. The Labute approximate surface area is 219 Å². The summed E-state index contributed by atoms with van der Waals surface area (Å²) in [6.07, 6.45) is -2.95. The molecule has 2 atom stereocenters. The number of rotatable bonds is 8. The van der Waals surface area contributed by atoms with Gasteiger partial charge in [-0.15, -0.1) is 13.2 Å². The van der Waals surface area contributed by atoms with Gasteiger partial charge >= 0.3 is 6.36 Å². The Hall–Kier alpha value is -3.90. The van der Waals surface area contributed by atoms with Gasteiger partial charge in [0.2, 0.25) is 5.91 Å². The molecule has 2 aromatic carbocycles. The Morgan fingerprint density at radius 3 is 2.46 bits per heavy atom. The zero-order valence-electron chi connectivity index (χ0n) is 20.3. The number of amides is 1. The highest BCUT2D eigenvalue weighted by atomic mass is 19.4. The molecule has 1 aromatic heterocycles. The first-order chi connectivity index (χ1) is 18.5. The molecule has 7 nitrogen and oxygen atoms in total. The average molecular weight is 547 g/mol. The number of aromatic nitrogens is 1. The van der Waals surface area contributed by atoms with Crippen molar-refractivity contribution in [3.63, 3.8) is 0 Å². The smallest absolute Gasteiger partial charge is 0.404 e. The van der Waals surface area contributed by atoms with E-state index in [0.717, 1.165) is 36.8 Å². The first-order valence-corrected chi connectivity index (χ1v) is 12.0. The molecule has 39 heavy (non-hydrogen) atoms. The number of carbonyl (C=O) groups excluding carboxylic acids is 2. The fraction of sp³-hybridized carbons (Fsp3) is 0.296. The third kappa shape index (κ3) is 6.58. The van der Waals surface area contributed by atoms with Gasteiger partial charge in [0.15, 0.2) is 11.5 Å². The number of halogens is 5. The molecule has 0 saturated carbocycles. The Bertz CT molecular complexity index is 1380. The number of carbonyl (C=O) groups is 2. The van der Waals surface area contributed by atoms with Gasteiger partial charge in [0.1, 0.15) is 11.6 Å². The SMILES string of the molecule is O=C(CN1C[C@@H]2C[C@H]1CO2)Nc1cc(C(=O)Cc2ccc(-c3cc(F)cc(F)c3)nc2)ccc1OC(F)(F)F. The van der Waals surface area contributed by atoms with E-state index in [4.69, 9.17) is 4.74 Å². The average Bonchev–Trinajstić information content (AvgIpc) is 3.47. The van der Waals surface area contributed by atoms with Crippen molar-refractivity contribution in [3.8, 4) is 17.0 Å². The number of nitrogens with zero attached hydrogens (tertiary/aromatic N) is 2. The highest BCUT2D eigenvalue weighted by Crippen LogP contribution is 2.32. The summed E-state index contributed by atoms with van der Waals surface area (Å²) in [5, 5.41) is 2.44. The largest absolute Gasteiger partial charge is 0.573 e. The van der Waals surface area contributed by atoms with Crippen LogP contribution in [0, 0.1) is 11.6 Å². The summed E-state index contributed by atoms with van der Waals surface area (Å²) in [5.74, 6) is -3.16. The maximum atomic E-state index is 13.5. The zero-order valence-corrected chi connectivity index (χ0v) is 20.3. The van der Waals surface area contributed by atoms with Gasteiger partial charge in [-0.25, -0.2) is 8.78 Å². The van der Waals surface area contributed by atoms with Crippen LogP contribution in [0.3, 0.4) is 0 Å². The predicted molar refractivity (Wildman–Crippen MR) is 129 cm³/mol. The number of pyridine rings is 1. The summed E-state index contributed by atoms with van der Waals surface area (Å²) in [4.78, 5) is 31.6. The first kappa shape index (κ1) is 26.7. The number of Topliss-reactive ketones (excluding diaryl/α,β-unsaturated/α-hetero) is 1. The van der Waals surface area contributed by atoms with E-state index in [1.807, 2.05) is 4.90 Å². The van der Waals surface area contributed by atoms with E-state index in [-0.39, 0.29) is 41.9 Å². The minimum Gasteiger partial charge on any atom is -0.404 e. The van der Waals surface area contributed by atoms with Crippen LogP contribution < -0.4 is 10.1 Å². The molecule has 1 amide bonds. The normalized spacial score (nSPS) is 18.8. The molecule has 2 aliphatic rings. The van der Waals surface area contributed by atoms with Crippen LogP contribution in [0.4, 0.5) is 27.6 Å². The van der Waals surface area contributed by atoms with E-state index in [9.17, 15) is 31.5 Å². The van der Waals surface area contributed by atoms with Gasteiger partial charge in [0, 0.05) is 42.4 Å². The van der Waals surface area contributed by atoms with Gasteiger partial charge in [-0.05, 0) is 48.4 Å². The molecule has 2 bridgehead atoms. The Kier molecular flexibility index (Phi) is 7.32. The standard InChI is InChI=1S/C27H22F5N3O4/c28-18-6-17(7-19(29)9-18)22-3-1-15(11-33-22)5-24(36)16-2-4-25(39-27(30,31)32)23(8-16)34-26(37)13-35-12-21-10-20(35)14-38-21/h1-4,6-9,11,20-21H,5,10,12-14H2,(H,34,37)/t20-,21-/m0/s1. The molecule has 1 N–H and O–H groups in total. The molecule has 0 radical (unpaired) electrons. The quantitative estimate of drug-likeness (QED) is 0.324. The molecule has 5 rings (SSSR count). The van der Waals surface area contributed by atoms with Crippen molar-refractivity contribution in [2.75, 3.05) is 25.0 Å². The van der Waals surface area contributed by atoms with Crippen LogP contribution in [-0.2, 0) is 16.0 Å². The van der Waals surface area contributed by atoms with E-state index >= 15 is 0 Å². The molecule has 204 valence electrons. The lowest BCUT2D eigenvalue weighted by atomic mass is 10.0. The fourth-order valence-corrected chi connectivity index (χ4v) is 4.75. The second-order valence-electron chi connectivity index (χ2n) is 9.39. The Morgan fingerprint density at radius 1 is 1.08 bits per heavy atom. The monoisotopic (exact) mass is 547 g/mol. The first-order valence-electron chi connectivity index (χ1n) is 12.0. The van der Waals surface area contributed by atoms with E-state index in [2.05, 4.69) is 15.0 Å². The van der Waals surface area contributed by atoms with Gasteiger partial charge in [-0.2, -0.15) is 0 Å². The van der Waals surface area contributed by atoms with Crippen molar-refractivity contribution in [3.05, 3.63) is 77.5 Å². The molecule has 0 spiro atoms. The molecule has 3 aromatic rings. The number of alkyl halides is 3. The number of anilines is 1. The minimum absolute atomic E-state index is 0.0403. The van der Waals surface area contributed by atoms with Crippen molar-refractivity contribution in [1.82, 2.24) is 9.88 Å². The number of hydrogen-bond acceptors (Lipinski definition) is 6. The van der Waals surface area contributed by atoms with Crippen LogP contribution in [0.2, 0.25) is 0 Å². The minimum atomic E-state index is -5.01. The van der Waals surface area contributed by atoms with Gasteiger partial charge < -0.3 is 14.8 Å². The summed E-state index contributed by atoms with van der Waals surface area (Å²) in [7, 11) is 0. The van der Waals surface area contributed by atoms with Gasteiger partial charge in [-0.3, -0.25) is 19.5 Å². The lowest BCUT2D eigenvalue weighted by Crippen LogP contribution is -2.41.